The molecule has 1 saturated carbocycles. The second-order valence-corrected chi connectivity index (χ2v) is 5.19. The van der Waals surface area contributed by atoms with Crippen molar-refractivity contribution in [3.63, 3.8) is 0 Å². The molecule has 4 heteroatoms. The highest BCUT2D eigenvalue weighted by molar-refractivity contribution is 5.91. The van der Waals surface area contributed by atoms with E-state index < -0.39 is 0 Å². The molecule has 0 radical (unpaired) electrons. The van der Waals surface area contributed by atoms with Gasteiger partial charge in [-0.2, -0.15) is 0 Å². The van der Waals surface area contributed by atoms with E-state index in [-0.39, 0.29) is 5.91 Å². The molecular weight excluding hydrogens is 254 g/mol. The highest BCUT2D eigenvalue weighted by Crippen LogP contribution is 2.47. The van der Waals surface area contributed by atoms with Crippen LogP contribution < -0.4 is 5.32 Å². The number of furan rings is 2. The largest absolute Gasteiger partial charge is 0.467 e. The molecule has 0 bridgehead atoms. The standard InChI is InChI=1S/C16H17NO3/c1-11-9-14(11)15-6-4-12(20-15)5-7-16(18)17-10-13-3-2-8-19-13/h2-8,11,14H,9-10H2,1H3,(H,17,18). The molecule has 0 saturated heterocycles. The van der Waals surface area contributed by atoms with Crippen LogP contribution in [-0.2, 0) is 11.3 Å². The molecule has 2 atom stereocenters. The number of hydrogen-bond acceptors (Lipinski definition) is 3. The molecule has 2 heterocycles. The van der Waals surface area contributed by atoms with E-state index >= 15 is 0 Å². The fourth-order valence-corrected chi connectivity index (χ4v) is 2.18. The van der Waals surface area contributed by atoms with Crippen molar-refractivity contribution in [3.05, 3.63) is 53.9 Å². The predicted molar refractivity (Wildman–Crippen MR) is 74.8 cm³/mol. The minimum atomic E-state index is -0.167. The van der Waals surface area contributed by atoms with Gasteiger partial charge in [-0.3, -0.25) is 4.79 Å². The lowest BCUT2D eigenvalue weighted by Gasteiger charge is -1.97. The summed E-state index contributed by atoms with van der Waals surface area (Å²) in [5.74, 6) is 3.58. The van der Waals surface area contributed by atoms with E-state index in [0.717, 1.165) is 17.4 Å². The molecular formula is C16H17NO3. The molecule has 0 spiro atoms. The van der Waals surface area contributed by atoms with Gasteiger partial charge in [-0.05, 0) is 42.7 Å². The fraction of sp³-hybridized carbons (Fsp3) is 0.312. The Labute approximate surface area is 117 Å². The van der Waals surface area contributed by atoms with Gasteiger partial charge in [0.2, 0.25) is 5.91 Å². The number of carbonyl (C=O) groups excluding carboxylic acids is 1. The normalized spacial score (nSPS) is 21.2. The van der Waals surface area contributed by atoms with Crippen molar-refractivity contribution in [1.82, 2.24) is 5.32 Å². The van der Waals surface area contributed by atoms with Crippen LogP contribution in [0.3, 0.4) is 0 Å². The number of carbonyl (C=O) groups is 1. The zero-order valence-corrected chi connectivity index (χ0v) is 11.3. The summed E-state index contributed by atoms with van der Waals surface area (Å²) >= 11 is 0. The third-order valence-corrected chi connectivity index (χ3v) is 3.54. The number of hydrogen-bond donors (Lipinski definition) is 1. The quantitative estimate of drug-likeness (QED) is 0.849. The zero-order valence-electron chi connectivity index (χ0n) is 11.3. The van der Waals surface area contributed by atoms with E-state index in [9.17, 15) is 4.79 Å². The molecule has 2 unspecified atom stereocenters. The number of rotatable bonds is 5. The molecule has 1 aliphatic rings. The second kappa shape index (κ2) is 5.41. The summed E-state index contributed by atoms with van der Waals surface area (Å²) in [6, 6.07) is 7.51. The van der Waals surface area contributed by atoms with Gasteiger partial charge < -0.3 is 14.2 Å². The van der Waals surface area contributed by atoms with Gasteiger partial charge in [0.25, 0.3) is 0 Å². The molecule has 2 aromatic rings. The summed E-state index contributed by atoms with van der Waals surface area (Å²) in [5, 5.41) is 2.74. The van der Waals surface area contributed by atoms with Crippen molar-refractivity contribution in [2.45, 2.75) is 25.8 Å². The molecule has 2 aromatic heterocycles. The van der Waals surface area contributed by atoms with Crippen LogP contribution in [0.1, 0.15) is 36.5 Å². The molecule has 1 aliphatic carbocycles. The smallest absolute Gasteiger partial charge is 0.244 e. The lowest BCUT2D eigenvalue weighted by atomic mass is 10.3. The van der Waals surface area contributed by atoms with Gasteiger partial charge in [0, 0.05) is 12.0 Å². The Balaban J connectivity index is 1.51. The fourth-order valence-electron chi connectivity index (χ4n) is 2.18. The van der Waals surface area contributed by atoms with E-state index in [0.29, 0.717) is 18.2 Å². The van der Waals surface area contributed by atoms with Gasteiger partial charge in [0.15, 0.2) is 0 Å². The van der Waals surface area contributed by atoms with Crippen LogP contribution in [0.25, 0.3) is 6.08 Å². The summed E-state index contributed by atoms with van der Waals surface area (Å²) in [4.78, 5) is 11.6. The molecule has 1 fully saturated rings. The maximum atomic E-state index is 11.6. The maximum absolute atomic E-state index is 11.6. The Hall–Kier alpha value is -2.23. The van der Waals surface area contributed by atoms with Gasteiger partial charge >= 0.3 is 0 Å². The van der Waals surface area contributed by atoms with E-state index in [1.54, 1.807) is 18.4 Å². The van der Waals surface area contributed by atoms with Crippen molar-refractivity contribution in [3.8, 4) is 0 Å². The first-order valence-corrected chi connectivity index (χ1v) is 6.80. The Morgan fingerprint density at radius 2 is 2.30 bits per heavy atom. The van der Waals surface area contributed by atoms with Gasteiger partial charge in [-0.25, -0.2) is 0 Å². The average Bonchev–Trinajstić information content (AvgIpc) is 2.92. The molecule has 3 rings (SSSR count). The van der Waals surface area contributed by atoms with E-state index in [4.69, 9.17) is 8.83 Å². The van der Waals surface area contributed by atoms with Crippen molar-refractivity contribution in [2.75, 3.05) is 0 Å². The molecule has 20 heavy (non-hydrogen) atoms. The first-order valence-electron chi connectivity index (χ1n) is 6.80. The van der Waals surface area contributed by atoms with Gasteiger partial charge in [-0.15, -0.1) is 0 Å². The molecule has 1 amide bonds. The highest BCUT2D eigenvalue weighted by Gasteiger charge is 2.36. The van der Waals surface area contributed by atoms with Gasteiger partial charge in [-0.1, -0.05) is 6.92 Å². The minimum Gasteiger partial charge on any atom is -0.467 e. The number of nitrogens with one attached hydrogen (secondary N) is 1. The zero-order chi connectivity index (χ0) is 13.9. The van der Waals surface area contributed by atoms with Crippen LogP contribution in [0, 0.1) is 5.92 Å². The van der Waals surface area contributed by atoms with Gasteiger partial charge in [0.05, 0.1) is 12.8 Å². The van der Waals surface area contributed by atoms with Crippen molar-refractivity contribution >= 4 is 12.0 Å². The van der Waals surface area contributed by atoms with Crippen LogP contribution in [0.4, 0.5) is 0 Å². The predicted octanol–water partition coefficient (Wildman–Crippen LogP) is 3.33. The summed E-state index contributed by atoms with van der Waals surface area (Å²) in [5.41, 5.74) is 0. The van der Waals surface area contributed by atoms with Crippen molar-refractivity contribution in [1.29, 1.82) is 0 Å². The summed E-state index contributed by atoms with van der Waals surface area (Å²) in [6.45, 7) is 2.60. The molecule has 0 aliphatic heterocycles. The Morgan fingerprint density at radius 1 is 1.45 bits per heavy atom. The van der Waals surface area contributed by atoms with Crippen molar-refractivity contribution < 1.29 is 13.6 Å². The molecule has 4 nitrogen and oxygen atoms in total. The number of amides is 1. The van der Waals surface area contributed by atoms with Crippen LogP contribution in [0.2, 0.25) is 0 Å². The first-order chi connectivity index (χ1) is 9.72. The minimum absolute atomic E-state index is 0.167. The third kappa shape index (κ3) is 3.02. The van der Waals surface area contributed by atoms with Crippen LogP contribution >= 0.6 is 0 Å². The third-order valence-electron chi connectivity index (χ3n) is 3.54. The summed E-state index contributed by atoms with van der Waals surface area (Å²) < 4.78 is 10.8. The SMILES string of the molecule is CC1CC1c1ccc(C=CC(=O)NCc2ccco2)o1. The molecule has 104 valence electrons. The second-order valence-electron chi connectivity index (χ2n) is 5.19. The van der Waals surface area contributed by atoms with Crippen LogP contribution in [-0.4, -0.2) is 5.91 Å². The highest BCUT2D eigenvalue weighted by atomic mass is 16.3. The van der Waals surface area contributed by atoms with Crippen LogP contribution in [0.15, 0.2) is 45.4 Å². The monoisotopic (exact) mass is 271 g/mol. The Kier molecular flexibility index (Phi) is 3.46. The summed E-state index contributed by atoms with van der Waals surface area (Å²) in [7, 11) is 0. The van der Waals surface area contributed by atoms with Crippen molar-refractivity contribution in [2.24, 2.45) is 5.92 Å². The van der Waals surface area contributed by atoms with E-state index in [1.807, 2.05) is 18.2 Å². The average molecular weight is 271 g/mol. The van der Waals surface area contributed by atoms with E-state index in [2.05, 4.69) is 12.2 Å². The van der Waals surface area contributed by atoms with Gasteiger partial charge in [0.1, 0.15) is 17.3 Å². The maximum Gasteiger partial charge on any atom is 0.244 e. The Morgan fingerprint density at radius 3 is 3.00 bits per heavy atom. The topological polar surface area (TPSA) is 55.4 Å². The molecule has 1 N–H and O–H groups in total. The van der Waals surface area contributed by atoms with E-state index in [1.165, 1.54) is 12.5 Å². The lowest BCUT2D eigenvalue weighted by molar-refractivity contribution is -0.116. The molecule has 0 aromatic carbocycles. The lowest BCUT2D eigenvalue weighted by Crippen LogP contribution is -2.19. The first kappa shape index (κ1) is 12.8. The van der Waals surface area contributed by atoms with Crippen LogP contribution in [0.5, 0.6) is 0 Å². The summed E-state index contributed by atoms with van der Waals surface area (Å²) in [6.07, 6.45) is 5.94. The Bertz CT molecular complexity index is 609.